The molecule has 0 atom stereocenters. The van der Waals surface area contributed by atoms with Crippen molar-refractivity contribution >= 4 is 18.7 Å². The lowest BCUT2D eigenvalue weighted by molar-refractivity contribution is 1.02. The highest BCUT2D eigenvalue weighted by atomic mass is 35.5. The third-order valence-corrected chi connectivity index (χ3v) is 0. The van der Waals surface area contributed by atoms with Crippen LogP contribution in [0.15, 0.2) is 0 Å². The van der Waals surface area contributed by atoms with Crippen LogP contribution >= 0.6 is 11.5 Å². The Labute approximate surface area is 39.0 Å². The molecule has 0 unspecified atom stereocenters. The Balaban J connectivity index is 0. The molecule has 0 bridgehead atoms. The van der Waals surface area contributed by atoms with E-state index >= 15 is 0 Å². The molecule has 0 heterocycles. The lowest BCUT2D eigenvalue weighted by Gasteiger charge is -1.59. The minimum absolute atomic E-state index is 1.88. The summed E-state index contributed by atoms with van der Waals surface area (Å²) in [6, 6.07) is 0. The van der Waals surface area contributed by atoms with Crippen LogP contribution in [0.2, 0.25) is 0 Å². The average molecular weight is 91.3 g/mol. The van der Waals surface area contributed by atoms with Crippen molar-refractivity contribution in [2.24, 2.45) is 0 Å². The summed E-state index contributed by atoms with van der Waals surface area (Å²) in [5, 5.41) is 2.75. The van der Waals surface area contributed by atoms with E-state index in [4.69, 9.17) is 0 Å². The molecule has 0 rings (SSSR count). The summed E-state index contributed by atoms with van der Waals surface area (Å²) >= 11 is 4.14. The van der Waals surface area contributed by atoms with Crippen LogP contribution in [0.25, 0.3) is 0 Å². The predicted octanol–water partition coefficient (Wildman–Crippen LogP) is 0.144. The lowest BCUT2D eigenvalue weighted by atomic mass is 10.8. The lowest BCUT2D eigenvalue weighted by Crippen LogP contribution is -1.89. The molecular weight excluding hydrogens is 84.3 g/mol. The van der Waals surface area contributed by atoms with Crippen molar-refractivity contribution in [2.75, 3.05) is 14.1 Å². The van der Waals surface area contributed by atoms with Crippen molar-refractivity contribution < 1.29 is 0 Å². The van der Waals surface area contributed by atoms with Gasteiger partial charge in [0.05, 0.1) is 0 Å². The molecule has 1 N–H and O–H groups in total. The zero-order valence-corrected chi connectivity index (χ0v) is 4.21. The van der Waals surface area contributed by atoms with Gasteiger partial charge in [-0.1, -0.05) is 0 Å². The molecule has 0 aliphatic heterocycles. The quantitative estimate of drug-likeness (QED) is 0.418. The summed E-state index contributed by atoms with van der Waals surface area (Å²) in [6.07, 6.45) is 0. The minimum atomic E-state index is 1.88. The third-order valence-electron chi connectivity index (χ3n) is 0. The van der Waals surface area contributed by atoms with Gasteiger partial charge in [-0.05, 0) is 14.1 Å². The molecule has 0 aliphatic carbocycles. The molecule has 0 aromatic heterocycles. The first-order chi connectivity index (χ1) is 2.41. The van der Waals surface area contributed by atoms with E-state index in [0.29, 0.717) is 0 Å². The van der Waals surface area contributed by atoms with Crippen molar-refractivity contribution in [1.29, 1.82) is 0 Å². The Kier molecular flexibility index (Phi) is 49.4. The summed E-state index contributed by atoms with van der Waals surface area (Å²) in [5.41, 5.74) is 0. The normalized spacial score (nSPS) is 4.60. The fourth-order valence-electron chi connectivity index (χ4n) is 0. The van der Waals surface area contributed by atoms with Gasteiger partial charge < -0.3 is 5.32 Å². The van der Waals surface area contributed by atoms with Crippen molar-refractivity contribution in [3.05, 3.63) is 0 Å². The molecular formula is C2H7BClN. The van der Waals surface area contributed by atoms with Crippen LogP contribution in [0.5, 0.6) is 0 Å². The van der Waals surface area contributed by atoms with Gasteiger partial charge in [-0.3, -0.25) is 0 Å². The molecule has 1 nitrogen and oxygen atoms in total. The zero-order valence-electron chi connectivity index (χ0n) is 3.46. The summed E-state index contributed by atoms with van der Waals surface area (Å²) < 4.78 is 0. The van der Waals surface area contributed by atoms with Crippen LogP contribution < -0.4 is 5.32 Å². The molecule has 0 saturated heterocycles. The number of hydrogen-bond acceptors (Lipinski definition) is 1. The van der Waals surface area contributed by atoms with Gasteiger partial charge in [-0.2, -0.15) is 0 Å². The molecule has 0 fully saturated rings. The first-order valence-corrected chi connectivity index (χ1v) is 1.65. The van der Waals surface area contributed by atoms with E-state index in [1.54, 1.807) is 0 Å². The van der Waals surface area contributed by atoms with E-state index < -0.39 is 0 Å². The molecule has 0 amide bonds. The van der Waals surface area contributed by atoms with Crippen LogP contribution in [0.4, 0.5) is 0 Å². The zero-order chi connectivity index (χ0) is 4.71. The van der Waals surface area contributed by atoms with Crippen molar-refractivity contribution in [2.45, 2.75) is 0 Å². The number of hydrogen-bond donors (Lipinski definition) is 1. The Morgan fingerprint density at radius 1 is 1.40 bits per heavy atom. The van der Waals surface area contributed by atoms with Gasteiger partial charge in [0.2, 0.25) is 7.26 Å². The number of halogens is 1. The largest absolute Gasteiger partial charge is 0.323 e. The average Bonchev–Trinajstić information content (AvgIpc) is 1.46. The van der Waals surface area contributed by atoms with Crippen LogP contribution in [0.1, 0.15) is 0 Å². The highest BCUT2D eigenvalue weighted by Crippen LogP contribution is 1.29. The van der Waals surface area contributed by atoms with E-state index in [2.05, 4.69) is 24.0 Å². The van der Waals surface area contributed by atoms with Crippen LogP contribution in [-0.2, 0) is 0 Å². The van der Waals surface area contributed by atoms with E-state index in [1.807, 2.05) is 14.1 Å². The maximum absolute atomic E-state index is 4.14. The standard InChI is InChI=1S/C2H7N.BCl/c1-3-2;1-2/h3H,1-2H3;. The fraction of sp³-hybridized carbons (Fsp3) is 1.00. The van der Waals surface area contributed by atoms with Gasteiger partial charge in [0.15, 0.2) is 0 Å². The molecule has 0 aliphatic rings. The van der Waals surface area contributed by atoms with Crippen molar-refractivity contribution in [3.63, 3.8) is 0 Å². The first kappa shape index (κ1) is 9.01. The Morgan fingerprint density at radius 3 is 1.40 bits per heavy atom. The van der Waals surface area contributed by atoms with Crippen LogP contribution in [0.3, 0.4) is 0 Å². The van der Waals surface area contributed by atoms with Crippen LogP contribution in [0, 0.1) is 0 Å². The summed E-state index contributed by atoms with van der Waals surface area (Å²) in [6.45, 7) is 0. The maximum atomic E-state index is 4.14. The molecule has 0 spiro atoms. The topological polar surface area (TPSA) is 12.0 Å². The third kappa shape index (κ3) is 233. The predicted molar refractivity (Wildman–Crippen MR) is 26.6 cm³/mol. The molecule has 5 heavy (non-hydrogen) atoms. The molecule has 0 aromatic rings. The van der Waals surface area contributed by atoms with Gasteiger partial charge in [-0.15, -0.1) is 0 Å². The van der Waals surface area contributed by atoms with E-state index in [1.165, 1.54) is 0 Å². The van der Waals surface area contributed by atoms with Gasteiger partial charge in [-0.25, -0.2) is 11.5 Å². The van der Waals surface area contributed by atoms with Gasteiger partial charge in [0.25, 0.3) is 0 Å². The van der Waals surface area contributed by atoms with Crippen molar-refractivity contribution in [3.8, 4) is 0 Å². The number of rotatable bonds is 0. The highest BCUT2D eigenvalue weighted by Gasteiger charge is 1.25. The summed E-state index contributed by atoms with van der Waals surface area (Å²) in [5.74, 6) is 0. The Bertz CT molecular complexity index is 9.61. The Morgan fingerprint density at radius 2 is 1.40 bits per heavy atom. The highest BCUT2D eigenvalue weighted by molar-refractivity contribution is 6.80. The SMILES string of the molecule is CNC.[B]Cl. The smallest absolute Gasteiger partial charge is 0.214 e. The Hall–Kier alpha value is 0.315. The van der Waals surface area contributed by atoms with Crippen LogP contribution in [-0.4, -0.2) is 21.4 Å². The van der Waals surface area contributed by atoms with E-state index in [9.17, 15) is 0 Å². The molecule has 30 valence electrons. The van der Waals surface area contributed by atoms with Gasteiger partial charge in [0, 0.05) is 0 Å². The molecule has 0 saturated carbocycles. The van der Waals surface area contributed by atoms with Gasteiger partial charge >= 0.3 is 0 Å². The maximum Gasteiger partial charge on any atom is 0.214 e. The second-order valence-corrected chi connectivity index (χ2v) is 0.500. The first-order valence-electron chi connectivity index (χ1n) is 1.22. The van der Waals surface area contributed by atoms with E-state index in [0.717, 1.165) is 0 Å². The monoisotopic (exact) mass is 91.0 g/mol. The second kappa shape index (κ2) is 27.4. The summed E-state index contributed by atoms with van der Waals surface area (Å²) in [4.78, 5) is 0. The molecule has 2 radical (unpaired) electrons. The summed E-state index contributed by atoms with van der Waals surface area (Å²) in [7, 11) is 7.72. The second-order valence-electron chi connectivity index (χ2n) is 0.500. The molecule has 0 aromatic carbocycles. The molecule has 3 heteroatoms. The fourth-order valence-corrected chi connectivity index (χ4v) is 0. The number of nitrogens with one attached hydrogen (secondary N) is 1. The minimum Gasteiger partial charge on any atom is -0.323 e. The van der Waals surface area contributed by atoms with Gasteiger partial charge in [0.1, 0.15) is 0 Å². The van der Waals surface area contributed by atoms with E-state index in [-0.39, 0.29) is 0 Å². The van der Waals surface area contributed by atoms with Crippen molar-refractivity contribution in [1.82, 2.24) is 5.32 Å².